The number of ketones is 1. The van der Waals surface area contributed by atoms with E-state index in [1.165, 1.54) is 0 Å². The van der Waals surface area contributed by atoms with E-state index in [1.807, 2.05) is 27.8 Å². The van der Waals surface area contributed by atoms with Crippen molar-refractivity contribution < 1.29 is 33.8 Å². The Morgan fingerprint density at radius 3 is 2.21 bits per heavy atom. The molecule has 2 fully saturated rings. The van der Waals surface area contributed by atoms with Gasteiger partial charge in [-0.2, -0.15) is 0 Å². The van der Waals surface area contributed by atoms with E-state index in [-0.39, 0.29) is 53.7 Å². The molecule has 0 aromatic rings. The lowest BCUT2D eigenvalue weighted by Crippen LogP contribution is -2.61. The average Bonchev–Trinajstić information content (AvgIpc) is 3.56. The maximum Gasteiger partial charge on any atom is 0.308 e. The molecule has 2 N–H and O–H groups in total. The number of hydrogen-bond acceptors (Lipinski definition) is 7. The SMILES string of the molecule is CCC(C)C(C(CC(=O)CC1CCCC1C(OC)C(C)C(=O)O)OC)N(C)C(=O)C(NC(=O)C1(C)CCCN1C)C(C)C. The Morgan fingerprint density at radius 2 is 1.72 bits per heavy atom. The third-order valence-corrected chi connectivity index (χ3v) is 10.6. The van der Waals surface area contributed by atoms with E-state index in [4.69, 9.17) is 9.47 Å². The van der Waals surface area contributed by atoms with Crippen LogP contribution in [0.15, 0.2) is 0 Å². The van der Waals surface area contributed by atoms with Crippen LogP contribution in [0.5, 0.6) is 0 Å². The normalized spacial score (nSPS) is 26.9. The van der Waals surface area contributed by atoms with Gasteiger partial charge in [0.1, 0.15) is 11.8 Å². The summed E-state index contributed by atoms with van der Waals surface area (Å²) >= 11 is 0. The lowest BCUT2D eigenvalue weighted by molar-refractivity contribution is -0.148. The van der Waals surface area contributed by atoms with Crippen LogP contribution in [0.4, 0.5) is 0 Å². The third-order valence-electron chi connectivity index (χ3n) is 10.6. The minimum absolute atomic E-state index is 0.00633. The maximum atomic E-state index is 14.0. The molecule has 2 amide bonds. The summed E-state index contributed by atoms with van der Waals surface area (Å²) in [6.07, 6.45) is 4.62. The molecule has 0 bridgehead atoms. The fourth-order valence-corrected chi connectivity index (χ4v) is 7.39. The van der Waals surface area contributed by atoms with Crippen LogP contribution in [0, 0.1) is 29.6 Å². The Bertz CT molecular complexity index is 959. The van der Waals surface area contributed by atoms with Crippen LogP contribution in [0.3, 0.4) is 0 Å². The minimum Gasteiger partial charge on any atom is -0.481 e. The molecule has 1 heterocycles. The standard InChI is InChI=1S/C33H59N3O7/c1-11-21(4)28(36(8)30(38)27(20(2)3)34-32(41)33(6)16-13-17-35(33)7)26(42-9)19-24(37)18-23-14-12-15-25(23)29(43-10)22(5)31(39)40/h20-23,25-29H,11-19H2,1-10H3,(H,34,41)(H,39,40). The molecule has 1 aliphatic heterocycles. The molecule has 10 nitrogen and oxygen atoms in total. The van der Waals surface area contributed by atoms with Crippen molar-refractivity contribution in [2.75, 3.05) is 34.9 Å². The molecule has 43 heavy (non-hydrogen) atoms. The molecule has 9 unspecified atom stereocenters. The summed E-state index contributed by atoms with van der Waals surface area (Å²) in [6, 6.07) is -1.07. The maximum absolute atomic E-state index is 14.0. The Labute approximate surface area is 259 Å². The third kappa shape index (κ3) is 8.78. The van der Waals surface area contributed by atoms with Crippen molar-refractivity contribution >= 4 is 23.6 Å². The molecule has 1 saturated heterocycles. The molecule has 2 aliphatic rings. The van der Waals surface area contributed by atoms with E-state index in [1.54, 1.807) is 33.1 Å². The van der Waals surface area contributed by atoms with Crippen molar-refractivity contribution in [3.05, 3.63) is 0 Å². The molecule has 0 spiro atoms. The van der Waals surface area contributed by atoms with Gasteiger partial charge in [0.05, 0.1) is 29.7 Å². The molecule has 0 aromatic heterocycles. The number of carboxylic acids is 1. The van der Waals surface area contributed by atoms with Crippen molar-refractivity contribution in [3.63, 3.8) is 0 Å². The number of carboxylic acid groups (broad SMARTS) is 1. The number of Topliss-reactive ketones (excluding diaryl/α,β-unsaturated/α-hetero) is 1. The fraction of sp³-hybridized carbons (Fsp3) is 0.879. The number of rotatable bonds is 17. The molecule has 0 aromatic carbocycles. The van der Waals surface area contributed by atoms with Gasteiger partial charge in [-0.05, 0) is 76.8 Å². The molecule has 2 rings (SSSR count). The van der Waals surface area contributed by atoms with E-state index in [0.717, 1.165) is 45.1 Å². The van der Waals surface area contributed by atoms with E-state index in [0.29, 0.717) is 6.42 Å². The van der Waals surface area contributed by atoms with Gasteiger partial charge in [0.25, 0.3) is 0 Å². The van der Waals surface area contributed by atoms with E-state index in [2.05, 4.69) is 24.1 Å². The first-order chi connectivity index (χ1) is 20.1. The average molecular weight is 610 g/mol. The van der Waals surface area contributed by atoms with Gasteiger partial charge >= 0.3 is 5.97 Å². The summed E-state index contributed by atoms with van der Waals surface area (Å²) in [6.45, 7) is 12.4. The van der Waals surface area contributed by atoms with Crippen LogP contribution in [-0.2, 0) is 28.7 Å². The van der Waals surface area contributed by atoms with Crippen LogP contribution < -0.4 is 5.32 Å². The number of aliphatic carboxylic acids is 1. The largest absolute Gasteiger partial charge is 0.481 e. The smallest absolute Gasteiger partial charge is 0.308 e. The second kappa shape index (κ2) is 16.3. The molecule has 0 radical (unpaired) electrons. The zero-order valence-corrected chi connectivity index (χ0v) is 28.4. The highest BCUT2D eigenvalue weighted by molar-refractivity contribution is 5.92. The molecule has 10 heteroatoms. The number of hydrogen-bond donors (Lipinski definition) is 2. The van der Waals surface area contributed by atoms with Gasteiger partial charge in [-0.1, -0.05) is 40.5 Å². The number of nitrogens with zero attached hydrogens (tertiary/aromatic N) is 2. The molecule has 9 atom stereocenters. The summed E-state index contributed by atoms with van der Waals surface area (Å²) in [7, 11) is 6.83. The number of ether oxygens (including phenoxy) is 2. The minimum atomic E-state index is -0.896. The second-order valence-electron chi connectivity index (χ2n) is 13.7. The highest BCUT2D eigenvalue weighted by atomic mass is 16.5. The van der Waals surface area contributed by atoms with Gasteiger partial charge in [0.2, 0.25) is 11.8 Å². The predicted molar refractivity (Wildman–Crippen MR) is 167 cm³/mol. The van der Waals surface area contributed by atoms with Gasteiger partial charge in [-0.25, -0.2) is 0 Å². The van der Waals surface area contributed by atoms with Crippen LogP contribution >= 0.6 is 0 Å². The van der Waals surface area contributed by atoms with Gasteiger partial charge in [-0.3, -0.25) is 24.1 Å². The summed E-state index contributed by atoms with van der Waals surface area (Å²) < 4.78 is 11.6. The van der Waals surface area contributed by atoms with Crippen LogP contribution in [0.2, 0.25) is 0 Å². The van der Waals surface area contributed by atoms with Gasteiger partial charge in [-0.15, -0.1) is 0 Å². The number of carbonyl (C=O) groups is 4. The predicted octanol–water partition coefficient (Wildman–Crippen LogP) is 4.00. The number of likely N-dealkylation sites (N-methyl/N-ethyl adjacent to an activating group) is 2. The van der Waals surface area contributed by atoms with Crippen molar-refractivity contribution in [3.8, 4) is 0 Å². The van der Waals surface area contributed by atoms with E-state index in [9.17, 15) is 24.3 Å². The Kier molecular flexibility index (Phi) is 14.1. The quantitative estimate of drug-likeness (QED) is 0.254. The van der Waals surface area contributed by atoms with Crippen molar-refractivity contribution in [2.45, 2.75) is 123 Å². The number of nitrogens with one attached hydrogen (secondary N) is 1. The topological polar surface area (TPSA) is 125 Å². The second-order valence-corrected chi connectivity index (χ2v) is 13.7. The van der Waals surface area contributed by atoms with Crippen LogP contribution in [0.1, 0.15) is 92.9 Å². The summed E-state index contributed by atoms with van der Waals surface area (Å²) in [5.41, 5.74) is -0.647. The monoisotopic (exact) mass is 609 g/mol. The lowest BCUT2D eigenvalue weighted by atomic mass is 9.81. The Hall–Kier alpha value is -2.04. The van der Waals surface area contributed by atoms with E-state index >= 15 is 0 Å². The Morgan fingerprint density at radius 1 is 1.07 bits per heavy atom. The lowest BCUT2D eigenvalue weighted by Gasteiger charge is -2.40. The summed E-state index contributed by atoms with van der Waals surface area (Å²) in [4.78, 5) is 56.4. The molecular formula is C33H59N3O7. The van der Waals surface area contributed by atoms with Crippen molar-refractivity contribution in [1.29, 1.82) is 0 Å². The first kappa shape index (κ1) is 37.1. The van der Waals surface area contributed by atoms with E-state index < -0.39 is 35.7 Å². The summed E-state index contributed by atoms with van der Waals surface area (Å²) in [5, 5.41) is 12.6. The highest BCUT2D eigenvalue weighted by Crippen LogP contribution is 2.40. The van der Waals surface area contributed by atoms with Gasteiger partial charge in [0, 0.05) is 34.1 Å². The van der Waals surface area contributed by atoms with Gasteiger partial charge in [0.15, 0.2) is 0 Å². The number of amides is 2. The number of methoxy groups -OCH3 is 2. The van der Waals surface area contributed by atoms with Gasteiger partial charge < -0.3 is 24.8 Å². The number of likely N-dealkylation sites (tertiary alicyclic amines) is 1. The summed E-state index contributed by atoms with van der Waals surface area (Å²) in [5.74, 6) is -1.86. The zero-order valence-electron chi connectivity index (χ0n) is 28.4. The van der Waals surface area contributed by atoms with Crippen molar-refractivity contribution in [2.24, 2.45) is 29.6 Å². The molecular weight excluding hydrogens is 550 g/mol. The fourth-order valence-electron chi connectivity index (χ4n) is 7.39. The first-order valence-corrected chi connectivity index (χ1v) is 16.2. The molecule has 1 aliphatic carbocycles. The van der Waals surface area contributed by atoms with Crippen LogP contribution in [0.25, 0.3) is 0 Å². The molecule has 1 saturated carbocycles. The highest BCUT2D eigenvalue weighted by Gasteiger charge is 2.45. The van der Waals surface area contributed by atoms with Crippen LogP contribution in [-0.4, -0.2) is 103 Å². The zero-order chi connectivity index (χ0) is 32.6. The molecule has 248 valence electrons. The first-order valence-electron chi connectivity index (χ1n) is 16.2. The Balaban J connectivity index is 2.21. The van der Waals surface area contributed by atoms with Crippen molar-refractivity contribution in [1.82, 2.24) is 15.1 Å². The number of carbonyl (C=O) groups excluding carboxylic acids is 3.